The van der Waals surface area contributed by atoms with Crippen LogP contribution < -0.4 is 10.1 Å². The molecule has 3 unspecified atom stereocenters. The minimum Gasteiger partial charge on any atom is -0.497 e. The molecule has 2 aliphatic carbocycles. The average molecular weight is 477 g/mol. The van der Waals surface area contributed by atoms with E-state index < -0.39 is 0 Å². The third kappa shape index (κ3) is 5.28. The van der Waals surface area contributed by atoms with E-state index in [0.29, 0.717) is 17.3 Å². The summed E-state index contributed by atoms with van der Waals surface area (Å²) in [5.74, 6) is 2.16. The van der Waals surface area contributed by atoms with Gasteiger partial charge in [0.1, 0.15) is 12.9 Å². The van der Waals surface area contributed by atoms with Crippen LogP contribution in [0.5, 0.6) is 5.75 Å². The predicted octanol–water partition coefficient (Wildman–Crippen LogP) is 6.86. The summed E-state index contributed by atoms with van der Waals surface area (Å²) in [5, 5.41) is 8.12. The molecular formula is C31H44N2O2. The van der Waals surface area contributed by atoms with Gasteiger partial charge in [-0.05, 0) is 94.9 Å². The summed E-state index contributed by atoms with van der Waals surface area (Å²) >= 11 is 0. The van der Waals surface area contributed by atoms with Gasteiger partial charge in [-0.3, -0.25) is 0 Å². The standard InChI is InChI=1S/C31H44N2O2/c1-22(2)24-10-14-27-25(20-24)11-15-29-30(3,17-7-18-31(27,29)4)21-32-19-16-28(33-35-6)23-8-12-26(34-5)13-9-23/h8-10,12-14,20,22,29,32H,7,11,15-19,21H2,1-6H3/b33-28+. The molecule has 190 valence electrons. The molecule has 0 bridgehead atoms. The minimum absolute atomic E-state index is 0.281. The first-order valence-corrected chi connectivity index (χ1v) is 13.4. The Bertz CT molecular complexity index is 1030. The highest BCUT2D eigenvalue weighted by Gasteiger charge is 2.51. The first-order chi connectivity index (χ1) is 16.8. The quantitative estimate of drug-likeness (QED) is 0.244. The number of fused-ring (bicyclic) bond motifs is 3. The topological polar surface area (TPSA) is 42.8 Å². The van der Waals surface area contributed by atoms with E-state index in [4.69, 9.17) is 9.57 Å². The van der Waals surface area contributed by atoms with E-state index in [1.165, 1.54) is 37.7 Å². The molecule has 3 atom stereocenters. The normalized spacial score (nSPS) is 26.3. The molecule has 0 aromatic heterocycles. The summed E-state index contributed by atoms with van der Waals surface area (Å²) in [4.78, 5) is 5.15. The third-order valence-electron chi connectivity index (χ3n) is 8.86. The second-order valence-corrected chi connectivity index (χ2v) is 11.5. The molecule has 4 rings (SSSR count). The molecular weight excluding hydrogens is 432 g/mol. The van der Waals surface area contributed by atoms with Crippen LogP contribution in [0, 0.1) is 11.3 Å². The van der Waals surface area contributed by atoms with E-state index in [1.807, 2.05) is 12.1 Å². The van der Waals surface area contributed by atoms with Crippen molar-refractivity contribution in [1.82, 2.24) is 5.32 Å². The van der Waals surface area contributed by atoms with Crippen LogP contribution in [0.15, 0.2) is 47.6 Å². The molecule has 0 spiro atoms. The van der Waals surface area contributed by atoms with Gasteiger partial charge in [0.05, 0.1) is 12.8 Å². The summed E-state index contributed by atoms with van der Waals surface area (Å²) in [6, 6.07) is 15.4. The van der Waals surface area contributed by atoms with Gasteiger partial charge in [-0.1, -0.05) is 57.5 Å². The van der Waals surface area contributed by atoms with Crippen LogP contribution in [0.1, 0.15) is 88.0 Å². The van der Waals surface area contributed by atoms with Crippen molar-refractivity contribution in [2.24, 2.45) is 16.5 Å². The SMILES string of the molecule is CO/N=C(\CCNCC1(C)CCCC2(C)c3ccc(C(C)C)cc3CCC12)c1ccc(OC)cc1. The number of benzene rings is 2. The summed E-state index contributed by atoms with van der Waals surface area (Å²) in [5.41, 5.74) is 7.34. The largest absolute Gasteiger partial charge is 0.497 e. The number of oxime groups is 1. The number of aryl methyl sites for hydroxylation is 1. The Kier molecular flexibility index (Phi) is 7.90. The van der Waals surface area contributed by atoms with Crippen molar-refractivity contribution in [3.05, 3.63) is 64.7 Å². The van der Waals surface area contributed by atoms with Crippen molar-refractivity contribution in [2.45, 2.75) is 77.6 Å². The molecule has 0 amide bonds. The number of nitrogens with one attached hydrogen (secondary N) is 1. The molecule has 1 N–H and O–H groups in total. The summed E-state index contributed by atoms with van der Waals surface area (Å²) in [6.07, 6.45) is 7.26. The number of ether oxygens (including phenoxy) is 1. The zero-order chi connectivity index (χ0) is 25.1. The smallest absolute Gasteiger partial charge is 0.118 e. The minimum atomic E-state index is 0.281. The Labute approximate surface area is 212 Å². The summed E-state index contributed by atoms with van der Waals surface area (Å²) in [7, 11) is 3.31. The molecule has 35 heavy (non-hydrogen) atoms. The first-order valence-electron chi connectivity index (χ1n) is 13.4. The van der Waals surface area contributed by atoms with Crippen LogP contribution >= 0.6 is 0 Å². The zero-order valence-corrected chi connectivity index (χ0v) is 22.6. The fourth-order valence-corrected chi connectivity index (χ4v) is 6.93. The van der Waals surface area contributed by atoms with E-state index in [0.717, 1.165) is 36.5 Å². The maximum Gasteiger partial charge on any atom is 0.118 e. The van der Waals surface area contributed by atoms with Gasteiger partial charge in [0, 0.05) is 19.5 Å². The molecule has 1 fully saturated rings. The fraction of sp³-hybridized carbons (Fsp3) is 0.581. The Hall–Kier alpha value is -2.33. The van der Waals surface area contributed by atoms with Gasteiger partial charge in [0.2, 0.25) is 0 Å². The van der Waals surface area contributed by atoms with Crippen LogP contribution in [-0.2, 0) is 16.7 Å². The Morgan fingerprint density at radius 2 is 1.86 bits per heavy atom. The molecule has 0 aliphatic heterocycles. The maximum atomic E-state index is 5.29. The molecule has 4 nitrogen and oxygen atoms in total. The highest BCUT2D eigenvalue weighted by Crippen LogP contribution is 2.57. The first kappa shape index (κ1) is 25.8. The Balaban J connectivity index is 1.42. The highest BCUT2D eigenvalue weighted by atomic mass is 16.6. The van der Waals surface area contributed by atoms with Crippen LogP contribution in [0.25, 0.3) is 0 Å². The van der Waals surface area contributed by atoms with Crippen molar-refractivity contribution in [1.29, 1.82) is 0 Å². The molecule has 4 heteroatoms. The molecule has 0 saturated heterocycles. The van der Waals surface area contributed by atoms with Gasteiger partial charge >= 0.3 is 0 Å². The lowest BCUT2D eigenvalue weighted by Gasteiger charge is -2.55. The number of hydrogen-bond acceptors (Lipinski definition) is 4. The molecule has 0 heterocycles. The maximum absolute atomic E-state index is 5.29. The van der Waals surface area contributed by atoms with E-state index >= 15 is 0 Å². The molecule has 2 aromatic carbocycles. The average Bonchev–Trinajstić information content (AvgIpc) is 2.85. The summed E-state index contributed by atoms with van der Waals surface area (Å²) in [6.45, 7) is 11.6. The third-order valence-corrected chi connectivity index (χ3v) is 8.86. The lowest BCUT2D eigenvalue weighted by atomic mass is 9.49. The van der Waals surface area contributed by atoms with E-state index in [1.54, 1.807) is 25.3 Å². The second-order valence-electron chi connectivity index (χ2n) is 11.5. The number of rotatable bonds is 9. The number of nitrogens with zero attached hydrogens (tertiary/aromatic N) is 1. The number of hydrogen-bond donors (Lipinski definition) is 1. The fourth-order valence-electron chi connectivity index (χ4n) is 6.93. The molecule has 1 saturated carbocycles. The van der Waals surface area contributed by atoms with Gasteiger partial charge in [-0.25, -0.2) is 0 Å². The van der Waals surface area contributed by atoms with Crippen molar-refractivity contribution in [3.63, 3.8) is 0 Å². The molecule has 0 radical (unpaired) electrons. The Morgan fingerprint density at radius 3 is 2.54 bits per heavy atom. The van der Waals surface area contributed by atoms with Gasteiger partial charge in [0.25, 0.3) is 0 Å². The Morgan fingerprint density at radius 1 is 1.09 bits per heavy atom. The summed E-state index contributed by atoms with van der Waals surface area (Å²) < 4.78 is 5.29. The van der Waals surface area contributed by atoms with Crippen LogP contribution in [0.3, 0.4) is 0 Å². The van der Waals surface area contributed by atoms with Gasteiger partial charge < -0.3 is 14.9 Å². The number of methoxy groups -OCH3 is 1. The van der Waals surface area contributed by atoms with Crippen molar-refractivity contribution in [3.8, 4) is 5.75 Å². The van der Waals surface area contributed by atoms with Crippen molar-refractivity contribution >= 4 is 5.71 Å². The van der Waals surface area contributed by atoms with Crippen LogP contribution in [0.2, 0.25) is 0 Å². The van der Waals surface area contributed by atoms with Crippen molar-refractivity contribution in [2.75, 3.05) is 27.3 Å². The monoisotopic (exact) mass is 476 g/mol. The van der Waals surface area contributed by atoms with Crippen LogP contribution in [0.4, 0.5) is 0 Å². The van der Waals surface area contributed by atoms with Gasteiger partial charge in [-0.15, -0.1) is 0 Å². The molecule has 2 aromatic rings. The van der Waals surface area contributed by atoms with Crippen LogP contribution in [-0.4, -0.2) is 33.0 Å². The van der Waals surface area contributed by atoms with E-state index in [9.17, 15) is 0 Å². The highest BCUT2D eigenvalue weighted by molar-refractivity contribution is 6.00. The van der Waals surface area contributed by atoms with Crippen molar-refractivity contribution < 1.29 is 9.57 Å². The van der Waals surface area contributed by atoms with E-state index in [2.05, 4.69) is 68.5 Å². The molecule has 2 aliphatic rings. The van der Waals surface area contributed by atoms with E-state index in [-0.39, 0.29) is 5.41 Å². The second kappa shape index (κ2) is 10.7. The lowest BCUT2D eigenvalue weighted by molar-refractivity contribution is 0.0262. The van der Waals surface area contributed by atoms with Gasteiger partial charge in [-0.2, -0.15) is 0 Å². The lowest BCUT2D eigenvalue weighted by Crippen LogP contribution is -2.52. The zero-order valence-electron chi connectivity index (χ0n) is 22.6. The van der Waals surface area contributed by atoms with Gasteiger partial charge in [0.15, 0.2) is 0 Å². The predicted molar refractivity (Wildman–Crippen MR) is 146 cm³/mol.